The summed E-state index contributed by atoms with van der Waals surface area (Å²) in [6, 6.07) is 8.05. The second-order valence-corrected chi connectivity index (χ2v) is 8.00. The van der Waals surface area contributed by atoms with Crippen molar-refractivity contribution >= 4 is 16.8 Å². The average molecular weight is 393 g/mol. The maximum atomic E-state index is 12.9. The van der Waals surface area contributed by atoms with Gasteiger partial charge in [0.1, 0.15) is 11.4 Å². The zero-order valence-electron chi connectivity index (χ0n) is 17.0. The van der Waals surface area contributed by atoms with E-state index in [4.69, 9.17) is 4.74 Å². The molecule has 3 aromatic rings. The van der Waals surface area contributed by atoms with Crippen molar-refractivity contribution in [3.63, 3.8) is 0 Å². The quantitative estimate of drug-likeness (QED) is 0.717. The lowest BCUT2D eigenvalue weighted by molar-refractivity contribution is 0.0620. The molecule has 2 aliphatic rings. The lowest BCUT2D eigenvalue weighted by Gasteiger charge is -2.44. The number of nitrogens with zero attached hydrogens (tertiary/aromatic N) is 3. The van der Waals surface area contributed by atoms with E-state index < -0.39 is 0 Å². The van der Waals surface area contributed by atoms with E-state index in [-0.39, 0.29) is 11.4 Å². The van der Waals surface area contributed by atoms with Gasteiger partial charge in [-0.1, -0.05) is 0 Å². The normalized spacial score (nSPS) is 18.2. The van der Waals surface area contributed by atoms with Crippen LogP contribution in [-0.4, -0.2) is 52.3 Å². The van der Waals surface area contributed by atoms with Crippen LogP contribution in [0.1, 0.15) is 41.5 Å². The number of piperidine rings is 1. The molecule has 5 rings (SSSR count). The maximum Gasteiger partial charge on any atom is 0.274 e. The number of aromatic amines is 1. The number of carbonyl (C=O) groups is 1. The molecule has 2 N–H and O–H groups in total. The highest BCUT2D eigenvalue weighted by Gasteiger charge is 2.42. The number of ether oxygens (including phenoxy) is 1. The molecule has 2 aliphatic heterocycles. The number of aromatic nitrogens is 3. The summed E-state index contributed by atoms with van der Waals surface area (Å²) < 4.78 is 7.23. The Kier molecular flexibility index (Phi) is 4.35. The minimum absolute atomic E-state index is 0.0319. The third kappa shape index (κ3) is 2.92. The molecule has 152 valence electrons. The monoisotopic (exact) mass is 393 g/mol. The van der Waals surface area contributed by atoms with Crippen molar-refractivity contribution in [3.8, 4) is 5.75 Å². The molecule has 0 aliphatic carbocycles. The highest BCUT2D eigenvalue weighted by atomic mass is 16.5. The van der Waals surface area contributed by atoms with Gasteiger partial charge in [-0.25, -0.2) is 0 Å². The summed E-state index contributed by atoms with van der Waals surface area (Å²) in [7, 11) is 1.71. The number of amides is 1. The van der Waals surface area contributed by atoms with Crippen molar-refractivity contribution < 1.29 is 9.53 Å². The SMILES string of the molecule is CCn1ccc(C(=O)N2CCC3(CC2)NCCc2c3[nH]c3ccc(OC)cc23)n1. The molecular weight excluding hydrogens is 366 g/mol. The van der Waals surface area contributed by atoms with E-state index in [9.17, 15) is 4.79 Å². The molecule has 0 saturated carbocycles. The molecule has 0 bridgehead atoms. The van der Waals surface area contributed by atoms with Crippen LogP contribution in [0, 0.1) is 0 Å². The van der Waals surface area contributed by atoms with Gasteiger partial charge in [0.15, 0.2) is 0 Å². The fraction of sp³-hybridized carbons (Fsp3) is 0.455. The van der Waals surface area contributed by atoms with Gasteiger partial charge in [0.05, 0.1) is 12.6 Å². The minimum atomic E-state index is -0.0978. The molecule has 0 unspecified atom stereocenters. The lowest BCUT2D eigenvalue weighted by Crippen LogP contribution is -2.55. The number of H-pyrrole nitrogens is 1. The fourth-order valence-corrected chi connectivity index (χ4v) is 4.87. The van der Waals surface area contributed by atoms with E-state index >= 15 is 0 Å². The largest absolute Gasteiger partial charge is 0.497 e. The zero-order valence-corrected chi connectivity index (χ0v) is 17.0. The first-order chi connectivity index (χ1) is 14.1. The highest BCUT2D eigenvalue weighted by molar-refractivity contribution is 5.92. The first-order valence-corrected chi connectivity index (χ1v) is 10.4. The van der Waals surface area contributed by atoms with E-state index in [0.29, 0.717) is 5.69 Å². The van der Waals surface area contributed by atoms with Crippen LogP contribution in [0.4, 0.5) is 0 Å². The van der Waals surface area contributed by atoms with Crippen LogP contribution in [0.2, 0.25) is 0 Å². The van der Waals surface area contributed by atoms with Gasteiger partial charge in [0.2, 0.25) is 0 Å². The van der Waals surface area contributed by atoms with E-state index in [1.165, 1.54) is 16.6 Å². The zero-order chi connectivity index (χ0) is 20.0. The molecule has 2 aromatic heterocycles. The molecule has 1 amide bonds. The third-order valence-corrected chi connectivity index (χ3v) is 6.52. The van der Waals surface area contributed by atoms with Crippen molar-refractivity contribution in [1.82, 2.24) is 25.0 Å². The summed E-state index contributed by atoms with van der Waals surface area (Å²) in [4.78, 5) is 18.5. The maximum absolute atomic E-state index is 12.9. The van der Waals surface area contributed by atoms with Gasteiger partial charge in [-0.15, -0.1) is 0 Å². The number of benzene rings is 1. The summed E-state index contributed by atoms with van der Waals surface area (Å²) >= 11 is 0. The minimum Gasteiger partial charge on any atom is -0.497 e. The Hall–Kier alpha value is -2.80. The van der Waals surface area contributed by atoms with Crippen LogP contribution in [0.5, 0.6) is 5.75 Å². The average Bonchev–Trinajstić information content (AvgIpc) is 3.39. The molecule has 29 heavy (non-hydrogen) atoms. The molecule has 1 aromatic carbocycles. The predicted octanol–water partition coefficient (Wildman–Crippen LogP) is 2.67. The van der Waals surface area contributed by atoms with Gasteiger partial charge in [0.25, 0.3) is 5.91 Å². The van der Waals surface area contributed by atoms with Crippen molar-refractivity contribution in [2.45, 2.75) is 38.3 Å². The number of hydrogen-bond acceptors (Lipinski definition) is 4. The molecule has 0 atom stereocenters. The molecule has 7 nitrogen and oxygen atoms in total. The Morgan fingerprint density at radius 3 is 2.83 bits per heavy atom. The van der Waals surface area contributed by atoms with Crippen molar-refractivity contribution in [3.05, 3.63) is 47.4 Å². The summed E-state index contributed by atoms with van der Waals surface area (Å²) in [5.74, 6) is 0.920. The summed E-state index contributed by atoms with van der Waals surface area (Å²) in [5.41, 5.74) is 4.27. The van der Waals surface area contributed by atoms with Crippen molar-refractivity contribution in [1.29, 1.82) is 0 Å². The van der Waals surface area contributed by atoms with Gasteiger partial charge in [-0.3, -0.25) is 9.48 Å². The smallest absolute Gasteiger partial charge is 0.274 e. The number of methoxy groups -OCH3 is 1. The Bertz CT molecular complexity index is 1060. The number of fused-ring (bicyclic) bond motifs is 4. The molecule has 0 radical (unpaired) electrons. The summed E-state index contributed by atoms with van der Waals surface area (Å²) in [6.45, 7) is 5.19. The Labute approximate surface area is 170 Å². The van der Waals surface area contributed by atoms with Gasteiger partial charge in [-0.05, 0) is 56.0 Å². The van der Waals surface area contributed by atoms with E-state index in [1.54, 1.807) is 11.8 Å². The summed E-state index contributed by atoms with van der Waals surface area (Å²) in [5, 5.41) is 9.41. The Morgan fingerprint density at radius 1 is 1.28 bits per heavy atom. The van der Waals surface area contributed by atoms with E-state index in [2.05, 4.69) is 27.5 Å². The van der Waals surface area contributed by atoms with Crippen LogP contribution in [-0.2, 0) is 18.5 Å². The molecule has 1 spiro atoms. The topological polar surface area (TPSA) is 75.2 Å². The second kappa shape index (κ2) is 6.91. The van der Waals surface area contributed by atoms with Gasteiger partial charge in [0, 0.05) is 49.0 Å². The van der Waals surface area contributed by atoms with Crippen LogP contribution in [0.25, 0.3) is 10.9 Å². The van der Waals surface area contributed by atoms with Crippen LogP contribution < -0.4 is 10.1 Å². The highest BCUT2D eigenvalue weighted by Crippen LogP contribution is 2.41. The molecule has 7 heteroatoms. The second-order valence-electron chi connectivity index (χ2n) is 8.00. The van der Waals surface area contributed by atoms with Crippen LogP contribution in [0.3, 0.4) is 0 Å². The standard InChI is InChI=1S/C22H27N5O2/c1-3-27-11-7-19(25-27)21(28)26-12-8-22(9-13-26)20-16(6-10-23-22)17-14-15(29-2)4-5-18(17)24-20/h4-5,7,11,14,23-24H,3,6,8-10,12-13H2,1-2H3. The molecular formula is C22H27N5O2. The summed E-state index contributed by atoms with van der Waals surface area (Å²) in [6.07, 6.45) is 4.65. The van der Waals surface area contributed by atoms with Gasteiger partial charge in [-0.2, -0.15) is 5.10 Å². The first kappa shape index (κ1) is 18.2. The number of rotatable bonds is 3. The van der Waals surface area contributed by atoms with Crippen molar-refractivity contribution in [2.75, 3.05) is 26.7 Å². The first-order valence-electron chi connectivity index (χ1n) is 10.4. The molecule has 1 fully saturated rings. The fourth-order valence-electron chi connectivity index (χ4n) is 4.87. The molecule has 4 heterocycles. The number of hydrogen-bond donors (Lipinski definition) is 2. The van der Waals surface area contributed by atoms with Gasteiger partial charge < -0.3 is 19.9 Å². The number of carbonyl (C=O) groups excluding carboxylic acids is 1. The van der Waals surface area contributed by atoms with Crippen molar-refractivity contribution in [2.24, 2.45) is 0 Å². The predicted molar refractivity (Wildman–Crippen MR) is 111 cm³/mol. The Morgan fingerprint density at radius 2 is 2.10 bits per heavy atom. The lowest BCUT2D eigenvalue weighted by atomic mass is 9.79. The third-order valence-electron chi connectivity index (χ3n) is 6.52. The van der Waals surface area contributed by atoms with Crippen LogP contribution >= 0.6 is 0 Å². The van der Waals surface area contributed by atoms with Crippen LogP contribution in [0.15, 0.2) is 30.5 Å². The van der Waals surface area contributed by atoms with E-state index in [0.717, 1.165) is 56.7 Å². The number of aryl methyl sites for hydroxylation is 1. The Balaban J connectivity index is 1.40. The van der Waals surface area contributed by atoms with E-state index in [1.807, 2.05) is 30.2 Å². The van der Waals surface area contributed by atoms with Gasteiger partial charge >= 0.3 is 0 Å². The number of likely N-dealkylation sites (tertiary alicyclic amines) is 1. The molecule has 1 saturated heterocycles. The number of nitrogens with one attached hydrogen (secondary N) is 2.